The van der Waals surface area contributed by atoms with Gasteiger partial charge in [-0.05, 0) is 37.5 Å². The molecule has 0 aliphatic heterocycles. The molecule has 2 aromatic heterocycles. The number of nitro groups is 1. The number of nitrogens with one attached hydrogen (secondary N) is 1. The molecule has 0 spiro atoms. The predicted molar refractivity (Wildman–Crippen MR) is 106 cm³/mol. The first-order valence-corrected chi connectivity index (χ1v) is 10.5. The zero-order valence-corrected chi connectivity index (χ0v) is 16.0. The van der Waals surface area contributed by atoms with Gasteiger partial charge in [-0.15, -0.1) is 0 Å². The zero-order valence-electron chi connectivity index (χ0n) is 15.2. The molecule has 3 aromatic rings. The number of hydrogen-bond acceptors (Lipinski definition) is 7. The van der Waals surface area contributed by atoms with Gasteiger partial charge in [0, 0.05) is 18.2 Å². The van der Waals surface area contributed by atoms with Crippen LogP contribution in [0, 0.1) is 27.4 Å². The summed E-state index contributed by atoms with van der Waals surface area (Å²) in [5.41, 5.74) is 0.107. The van der Waals surface area contributed by atoms with Crippen LogP contribution in [-0.2, 0) is 10.0 Å². The van der Waals surface area contributed by atoms with Crippen molar-refractivity contribution >= 4 is 32.4 Å². The van der Waals surface area contributed by atoms with E-state index in [9.17, 15) is 18.5 Å². The summed E-state index contributed by atoms with van der Waals surface area (Å²) >= 11 is 0. The summed E-state index contributed by atoms with van der Waals surface area (Å²) in [6.45, 7) is 0. The lowest BCUT2D eigenvalue weighted by molar-refractivity contribution is -0.384. The van der Waals surface area contributed by atoms with Crippen molar-refractivity contribution in [3.05, 3.63) is 58.9 Å². The average molecular weight is 411 g/mol. The van der Waals surface area contributed by atoms with E-state index in [4.69, 9.17) is 5.26 Å². The number of fused-ring (bicyclic) bond motifs is 1. The van der Waals surface area contributed by atoms with Crippen LogP contribution in [0.3, 0.4) is 0 Å². The first-order valence-electron chi connectivity index (χ1n) is 9.03. The lowest BCUT2D eigenvalue weighted by atomic mass is 10.1. The molecule has 1 aliphatic rings. The van der Waals surface area contributed by atoms with E-state index in [0.717, 1.165) is 16.6 Å². The largest absolute Gasteiger partial charge is 0.376 e. The van der Waals surface area contributed by atoms with Crippen LogP contribution in [0.2, 0.25) is 0 Å². The Labute approximate surface area is 166 Å². The summed E-state index contributed by atoms with van der Waals surface area (Å²) in [5.74, 6) is -0.0908. The van der Waals surface area contributed by atoms with Gasteiger partial charge in [-0.2, -0.15) is 5.26 Å². The highest BCUT2D eigenvalue weighted by atomic mass is 32.2. The number of hydrogen-bond donors (Lipinski definition) is 1. The Bertz CT molecular complexity index is 1230. The molecule has 1 N–H and O–H groups in total. The molecule has 0 amide bonds. The van der Waals surface area contributed by atoms with Crippen molar-refractivity contribution in [1.29, 1.82) is 5.26 Å². The summed E-state index contributed by atoms with van der Waals surface area (Å²) < 4.78 is 27.0. The van der Waals surface area contributed by atoms with E-state index in [1.54, 1.807) is 18.2 Å². The molecule has 2 heterocycles. The molecule has 148 valence electrons. The van der Waals surface area contributed by atoms with E-state index >= 15 is 0 Å². The van der Waals surface area contributed by atoms with Gasteiger partial charge in [0.2, 0.25) is 0 Å². The van der Waals surface area contributed by atoms with Crippen LogP contribution in [0.15, 0.2) is 53.7 Å². The molecule has 0 radical (unpaired) electrons. The Hall–Kier alpha value is -3.45. The van der Waals surface area contributed by atoms with E-state index in [-0.39, 0.29) is 33.9 Å². The zero-order chi connectivity index (χ0) is 20.6. The number of aromatic nitrogens is 2. The number of anilines is 1. The van der Waals surface area contributed by atoms with Crippen molar-refractivity contribution in [3.8, 4) is 6.07 Å². The van der Waals surface area contributed by atoms with Crippen LogP contribution >= 0.6 is 0 Å². The Kier molecular flexibility index (Phi) is 4.68. The first kappa shape index (κ1) is 18.9. The molecule has 1 fully saturated rings. The molecule has 2 unspecified atom stereocenters. The highest BCUT2D eigenvalue weighted by molar-refractivity contribution is 7.90. The maximum absolute atomic E-state index is 13.0. The predicted octanol–water partition coefficient (Wildman–Crippen LogP) is 3.29. The third-order valence-electron chi connectivity index (χ3n) is 5.12. The van der Waals surface area contributed by atoms with Gasteiger partial charge < -0.3 is 5.32 Å². The second-order valence-corrected chi connectivity index (χ2v) is 8.74. The third kappa shape index (κ3) is 3.30. The molecule has 10 heteroatoms. The van der Waals surface area contributed by atoms with Gasteiger partial charge >= 0.3 is 5.69 Å². The summed E-state index contributed by atoms with van der Waals surface area (Å²) in [5, 5.41) is 24.1. The summed E-state index contributed by atoms with van der Waals surface area (Å²) in [6, 6.07) is 11.5. The van der Waals surface area contributed by atoms with E-state index < -0.39 is 14.9 Å². The van der Waals surface area contributed by atoms with Gasteiger partial charge in [-0.1, -0.05) is 18.2 Å². The maximum atomic E-state index is 13.0. The van der Waals surface area contributed by atoms with Crippen LogP contribution in [0.1, 0.15) is 19.3 Å². The fraction of sp³-hybridized carbons (Fsp3) is 0.263. The Morgan fingerprint density at radius 3 is 2.66 bits per heavy atom. The summed E-state index contributed by atoms with van der Waals surface area (Å²) in [7, 11) is -3.90. The molecule has 0 saturated heterocycles. The quantitative estimate of drug-likeness (QED) is 0.503. The Balaban J connectivity index is 1.82. The second-order valence-electron chi connectivity index (χ2n) is 6.92. The van der Waals surface area contributed by atoms with E-state index in [0.29, 0.717) is 18.2 Å². The molecular formula is C19H17N5O4S. The van der Waals surface area contributed by atoms with Crippen molar-refractivity contribution < 1.29 is 13.3 Å². The maximum Gasteiger partial charge on any atom is 0.311 e. The normalized spacial score (nSPS) is 19.1. The van der Waals surface area contributed by atoms with E-state index in [1.165, 1.54) is 24.4 Å². The van der Waals surface area contributed by atoms with Crippen LogP contribution in [-0.4, -0.2) is 28.3 Å². The standard InChI is InChI=1S/C19H17N5O4S/c20-11-13-6-7-14(10-13)22-18-16-8-9-23(19(16)21-12-17(18)24(25)26)29(27,28)15-4-2-1-3-5-15/h1-5,8-9,12-14H,6-7,10H2,(H,21,22). The molecule has 9 nitrogen and oxygen atoms in total. The third-order valence-corrected chi connectivity index (χ3v) is 6.80. The second kappa shape index (κ2) is 7.18. The molecular weight excluding hydrogens is 394 g/mol. The van der Waals surface area contributed by atoms with Gasteiger partial charge in [0.05, 0.1) is 21.3 Å². The number of rotatable bonds is 5. The van der Waals surface area contributed by atoms with Crippen LogP contribution < -0.4 is 5.32 Å². The highest BCUT2D eigenvalue weighted by Crippen LogP contribution is 2.36. The number of pyridine rings is 1. The van der Waals surface area contributed by atoms with Crippen molar-refractivity contribution in [2.45, 2.75) is 30.2 Å². The minimum Gasteiger partial charge on any atom is -0.376 e. The molecule has 1 aromatic carbocycles. The minimum atomic E-state index is -3.90. The van der Waals surface area contributed by atoms with Crippen molar-refractivity contribution in [1.82, 2.24) is 8.96 Å². The van der Waals surface area contributed by atoms with Gasteiger partial charge in [0.1, 0.15) is 11.9 Å². The number of benzene rings is 1. The van der Waals surface area contributed by atoms with Crippen LogP contribution in [0.25, 0.3) is 11.0 Å². The fourth-order valence-corrected chi connectivity index (χ4v) is 5.00. The lowest BCUT2D eigenvalue weighted by Crippen LogP contribution is -2.17. The number of nitriles is 1. The molecule has 1 aliphatic carbocycles. The van der Waals surface area contributed by atoms with E-state index in [2.05, 4.69) is 16.4 Å². The molecule has 0 bridgehead atoms. The summed E-state index contributed by atoms with van der Waals surface area (Å²) in [4.78, 5) is 15.2. The Morgan fingerprint density at radius 1 is 1.24 bits per heavy atom. The van der Waals surface area contributed by atoms with Gasteiger partial charge in [-0.25, -0.2) is 17.4 Å². The first-order chi connectivity index (χ1) is 13.9. The van der Waals surface area contributed by atoms with Crippen molar-refractivity contribution in [3.63, 3.8) is 0 Å². The van der Waals surface area contributed by atoms with Gasteiger partial charge in [0.25, 0.3) is 10.0 Å². The SMILES string of the molecule is N#CC1CCC(Nc2c([N+](=O)[O-])cnc3c2ccn3S(=O)(=O)c2ccccc2)C1. The molecule has 4 rings (SSSR count). The lowest BCUT2D eigenvalue weighted by Gasteiger charge is -2.15. The van der Waals surface area contributed by atoms with Crippen LogP contribution in [0.4, 0.5) is 11.4 Å². The van der Waals surface area contributed by atoms with E-state index in [1.807, 2.05) is 0 Å². The van der Waals surface area contributed by atoms with Gasteiger partial charge in [0.15, 0.2) is 5.65 Å². The Morgan fingerprint density at radius 2 is 2.00 bits per heavy atom. The smallest absolute Gasteiger partial charge is 0.311 e. The monoisotopic (exact) mass is 411 g/mol. The molecule has 2 atom stereocenters. The minimum absolute atomic E-state index is 0.0908. The molecule has 1 saturated carbocycles. The topological polar surface area (TPSA) is 131 Å². The molecule has 29 heavy (non-hydrogen) atoms. The van der Waals surface area contributed by atoms with Crippen LogP contribution in [0.5, 0.6) is 0 Å². The highest BCUT2D eigenvalue weighted by Gasteiger charge is 2.29. The van der Waals surface area contributed by atoms with Crippen molar-refractivity contribution in [2.75, 3.05) is 5.32 Å². The van der Waals surface area contributed by atoms with Crippen molar-refractivity contribution in [2.24, 2.45) is 5.92 Å². The average Bonchev–Trinajstić information content (AvgIpc) is 3.35. The number of nitrogens with zero attached hydrogens (tertiary/aromatic N) is 4. The van der Waals surface area contributed by atoms with Gasteiger partial charge in [-0.3, -0.25) is 10.1 Å². The fourth-order valence-electron chi connectivity index (χ4n) is 3.68. The summed E-state index contributed by atoms with van der Waals surface area (Å²) in [6.07, 6.45) is 4.43.